The highest BCUT2D eigenvalue weighted by Gasteiger charge is 2.12. The Labute approximate surface area is 96.3 Å². The molecule has 0 saturated carbocycles. The summed E-state index contributed by atoms with van der Waals surface area (Å²) in [5.41, 5.74) is 2.72. The summed E-state index contributed by atoms with van der Waals surface area (Å²) in [6.45, 7) is 6.77. The molecule has 2 N–H and O–H groups in total. The number of phenolic OH excluding ortho intramolecular Hbond substituents is 1. The van der Waals surface area contributed by atoms with Crippen molar-refractivity contribution in [3.05, 3.63) is 30.0 Å². The second kappa shape index (κ2) is 3.85. The lowest BCUT2D eigenvalue weighted by Crippen LogP contribution is -2.05. The van der Waals surface area contributed by atoms with Gasteiger partial charge in [0.05, 0.1) is 0 Å². The van der Waals surface area contributed by atoms with Crippen LogP contribution in [0, 0.1) is 5.41 Å². The number of phenols is 1. The van der Waals surface area contributed by atoms with Crippen molar-refractivity contribution in [2.75, 3.05) is 0 Å². The number of fused-ring (bicyclic) bond motifs is 1. The van der Waals surface area contributed by atoms with Gasteiger partial charge < -0.3 is 10.1 Å². The Hall–Kier alpha value is -1.44. The van der Waals surface area contributed by atoms with Crippen LogP contribution in [-0.2, 0) is 6.42 Å². The lowest BCUT2D eigenvalue weighted by molar-refractivity contribution is 0.378. The quantitative estimate of drug-likeness (QED) is 0.787. The number of aromatic amines is 1. The smallest absolute Gasteiger partial charge is 0.117 e. The van der Waals surface area contributed by atoms with Gasteiger partial charge in [0.2, 0.25) is 0 Å². The molecule has 0 fully saturated rings. The standard InChI is InChI=1S/C14H19NO/c1-14(2,3)7-6-10-9-15-13-8-11(16)4-5-12(10)13/h4-5,8-9,15-16H,6-7H2,1-3H3. The largest absolute Gasteiger partial charge is 0.508 e. The first-order chi connectivity index (χ1) is 7.46. The van der Waals surface area contributed by atoms with Crippen LogP contribution in [0.4, 0.5) is 0 Å². The molecule has 2 heteroatoms. The van der Waals surface area contributed by atoms with Gasteiger partial charge in [-0.15, -0.1) is 0 Å². The third kappa shape index (κ3) is 2.38. The second-order valence-electron chi connectivity index (χ2n) is 5.60. The van der Waals surface area contributed by atoms with Crippen LogP contribution >= 0.6 is 0 Å². The van der Waals surface area contributed by atoms with Crippen LogP contribution in [-0.4, -0.2) is 10.1 Å². The van der Waals surface area contributed by atoms with Gasteiger partial charge in [-0.25, -0.2) is 0 Å². The molecule has 0 aliphatic carbocycles. The second-order valence-corrected chi connectivity index (χ2v) is 5.60. The lowest BCUT2D eigenvalue weighted by Gasteiger charge is -2.17. The van der Waals surface area contributed by atoms with Crippen LogP contribution in [0.5, 0.6) is 5.75 Å². The SMILES string of the molecule is CC(C)(C)CCc1c[nH]c2cc(O)ccc12. The Bertz CT molecular complexity index is 491. The molecule has 0 atom stereocenters. The van der Waals surface area contributed by atoms with E-state index in [-0.39, 0.29) is 0 Å². The van der Waals surface area contributed by atoms with Crippen LogP contribution in [0.2, 0.25) is 0 Å². The molecule has 0 bridgehead atoms. The number of rotatable bonds is 2. The maximum Gasteiger partial charge on any atom is 0.117 e. The zero-order valence-electron chi connectivity index (χ0n) is 10.2. The van der Waals surface area contributed by atoms with Crippen LogP contribution < -0.4 is 0 Å². The van der Waals surface area contributed by atoms with Gasteiger partial charge in [0.25, 0.3) is 0 Å². The number of hydrogen-bond acceptors (Lipinski definition) is 1. The zero-order valence-corrected chi connectivity index (χ0v) is 10.2. The van der Waals surface area contributed by atoms with Crippen molar-refractivity contribution >= 4 is 10.9 Å². The van der Waals surface area contributed by atoms with E-state index in [1.54, 1.807) is 12.1 Å². The number of nitrogens with one attached hydrogen (secondary N) is 1. The van der Waals surface area contributed by atoms with Gasteiger partial charge in [-0.05, 0) is 36.0 Å². The predicted octanol–water partition coefficient (Wildman–Crippen LogP) is 3.85. The fraction of sp³-hybridized carbons (Fsp3) is 0.429. The molecular formula is C14H19NO. The van der Waals surface area contributed by atoms with E-state index < -0.39 is 0 Å². The molecule has 0 unspecified atom stereocenters. The van der Waals surface area contributed by atoms with E-state index in [0.717, 1.165) is 11.9 Å². The van der Waals surface area contributed by atoms with E-state index in [0.29, 0.717) is 11.2 Å². The van der Waals surface area contributed by atoms with Gasteiger partial charge in [-0.1, -0.05) is 20.8 Å². The molecule has 0 aliphatic rings. The van der Waals surface area contributed by atoms with Gasteiger partial charge in [0, 0.05) is 23.2 Å². The summed E-state index contributed by atoms with van der Waals surface area (Å²) in [6, 6.07) is 5.51. The fourth-order valence-corrected chi connectivity index (χ4v) is 1.89. The molecule has 2 nitrogen and oxygen atoms in total. The summed E-state index contributed by atoms with van der Waals surface area (Å²) in [5.74, 6) is 0.316. The number of benzene rings is 1. The molecule has 0 aliphatic heterocycles. The Morgan fingerprint density at radius 3 is 2.69 bits per heavy atom. The third-order valence-corrected chi connectivity index (χ3v) is 2.90. The maximum atomic E-state index is 9.38. The van der Waals surface area contributed by atoms with E-state index in [1.807, 2.05) is 6.07 Å². The Morgan fingerprint density at radius 1 is 1.25 bits per heavy atom. The first-order valence-corrected chi connectivity index (χ1v) is 5.75. The summed E-state index contributed by atoms with van der Waals surface area (Å²) < 4.78 is 0. The minimum absolute atomic E-state index is 0.316. The summed E-state index contributed by atoms with van der Waals surface area (Å²) in [5, 5.41) is 10.6. The number of hydrogen-bond donors (Lipinski definition) is 2. The Morgan fingerprint density at radius 2 is 2.00 bits per heavy atom. The van der Waals surface area contributed by atoms with Crippen molar-refractivity contribution in [1.29, 1.82) is 0 Å². The normalized spacial score (nSPS) is 12.2. The van der Waals surface area contributed by atoms with Crippen molar-refractivity contribution < 1.29 is 5.11 Å². The molecule has 2 rings (SSSR count). The Kier molecular flexibility index (Phi) is 2.66. The first kappa shape index (κ1) is 11.1. The molecule has 0 spiro atoms. The fourth-order valence-electron chi connectivity index (χ4n) is 1.89. The molecule has 0 amide bonds. The summed E-state index contributed by atoms with van der Waals surface area (Å²) in [4.78, 5) is 3.21. The Balaban J connectivity index is 2.25. The molecule has 1 aromatic heterocycles. The molecule has 86 valence electrons. The molecule has 1 heterocycles. The average Bonchev–Trinajstić information content (AvgIpc) is 2.56. The highest BCUT2D eigenvalue weighted by molar-refractivity contribution is 5.84. The predicted molar refractivity (Wildman–Crippen MR) is 67.7 cm³/mol. The summed E-state index contributed by atoms with van der Waals surface area (Å²) in [6.07, 6.45) is 4.30. The number of aryl methyl sites for hydroxylation is 1. The number of aromatic hydroxyl groups is 1. The molecule has 2 aromatic rings. The van der Waals surface area contributed by atoms with Crippen LogP contribution in [0.15, 0.2) is 24.4 Å². The van der Waals surface area contributed by atoms with E-state index in [1.165, 1.54) is 17.4 Å². The van der Waals surface area contributed by atoms with Gasteiger partial charge in [0.15, 0.2) is 0 Å². The topological polar surface area (TPSA) is 36.0 Å². The van der Waals surface area contributed by atoms with Crippen molar-refractivity contribution in [2.24, 2.45) is 5.41 Å². The van der Waals surface area contributed by atoms with Crippen LogP contribution in [0.25, 0.3) is 10.9 Å². The van der Waals surface area contributed by atoms with E-state index in [2.05, 4.69) is 32.0 Å². The van der Waals surface area contributed by atoms with Gasteiger partial charge in [-0.2, -0.15) is 0 Å². The monoisotopic (exact) mass is 217 g/mol. The van der Waals surface area contributed by atoms with Crippen LogP contribution in [0.1, 0.15) is 32.8 Å². The summed E-state index contributed by atoms with van der Waals surface area (Å²) >= 11 is 0. The number of aromatic nitrogens is 1. The minimum atomic E-state index is 0.316. The molecule has 16 heavy (non-hydrogen) atoms. The molecule has 0 radical (unpaired) electrons. The third-order valence-electron chi connectivity index (χ3n) is 2.90. The van der Waals surface area contributed by atoms with Crippen molar-refractivity contribution in [3.63, 3.8) is 0 Å². The molecular weight excluding hydrogens is 198 g/mol. The van der Waals surface area contributed by atoms with E-state index >= 15 is 0 Å². The maximum absolute atomic E-state index is 9.38. The summed E-state index contributed by atoms with van der Waals surface area (Å²) in [7, 11) is 0. The first-order valence-electron chi connectivity index (χ1n) is 5.75. The minimum Gasteiger partial charge on any atom is -0.508 e. The van der Waals surface area contributed by atoms with Gasteiger partial charge in [0.1, 0.15) is 5.75 Å². The molecule has 1 aromatic carbocycles. The van der Waals surface area contributed by atoms with Crippen LogP contribution in [0.3, 0.4) is 0 Å². The zero-order chi connectivity index (χ0) is 11.8. The van der Waals surface area contributed by atoms with Crippen molar-refractivity contribution in [2.45, 2.75) is 33.6 Å². The molecule has 0 saturated heterocycles. The average molecular weight is 217 g/mol. The highest BCUT2D eigenvalue weighted by atomic mass is 16.3. The van der Waals surface area contributed by atoms with Gasteiger partial charge in [-0.3, -0.25) is 0 Å². The van der Waals surface area contributed by atoms with Crippen molar-refractivity contribution in [3.8, 4) is 5.75 Å². The van der Waals surface area contributed by atoms with Gasteiger partial charge >= 0.3 is 0 Å². The lowest BCUT2D eigenvalue weighted by atomic mass is 9.89. The van der Waals surface area contributed by atoms with Crippen molar-refractivity contribution in [1.82, 2.24) is 4.98 Å². The van der Waals surface area contributed by atoms with E-state index in [9.17, 15) is 5.11 Å². The van der Waals surface area contributed by atoms with E-state index in [4.69, 9.17) is 0 Å². The number of H-pyrrole nitrogens is 1. The highest BCUT2D eigenvalue weighted by Crippen LogP contribution is 2.27.